The van der Waals surface area contributed by atoms with Crippen LogP contribution < -0.4 is 10.1 Å². The largest absolute Gasteiger partial charge is 0.496 e. The lowest BCUT2D eigenvalue weighted by molar-refractivity contribution is 0.416. The van der Waals surface area contributed by atoms with Crippen molar-refractivity contribution in [3.63, 3.8) is 0 Å². The Bertz CT molecular complexity index is 558. The minimum Gasteiger partial charge on any atom is -0.496 e. The summed E-state index contributed by atoms with van der Waals surface area (Å²) in [6, 6.07) is 6.79. The first-order chi connectivity index (χ1) is 9.15. The Balaban J connectivity index is 2.41. The Hall–Kier alpha value is -0.910. The molecule has 1 atom stereocenters. The number of methoxy groups -OCH3 is 1. The van der Waals surface area contributed by atoms with E-state index < -0.39 is 0 Å². The third-order valence-corrected chi connectivity index (χ3v) is 4.26. The molecule has 2 aromatic rings. The molecule has 0 amide bonds. The molecule has 1 unspecified atom stereocenters. The Labute approximate surface area is 124 Å². The van der Waals surface area contributed by atoms with E-state index in [9.17, 15) is 4.39 Å². The number of benzene rings is 1. The average Bonchev–Trinajstić information content (AvgIpc) is 2.88. The maximum absolute atomic E-state index is 14.0. The summed E-state index contributed by atoms with van der Waals surface area (Å²) < 4.78 is 20.1. The van der Waals surface area contributed by atoms with Crippen molar-refractivity contribution in [3.8, 4) is 5.75 Å². The van der Waals surface area contributed by atoms with Gasteiger partial charge >= 0.3 is 0 Å². The molecule has 102 valence electrons. The molecule has 19 heavy (non-hydrogen) atoms. The Morgan fingerprint density at radius 2 is 2.21 bits per heavy atom. The lowest BCUT2D eigenvalue weighted by Crippen LogP contribution is -2.22. The zero-order valence-electron chi connectivity index (χ0n) is 10.7. The van der Waals surface area contributed by atoms with Gasteiger partial charge in [0.2, 0.25) is 0 Å². The number of thiophene rings is 1. The zero-order valence-corrected chi connectivity index (χ0v) is 13.1. The van der Waals surface area contributed by atoms with Gasteiger partial charge in [-0.2, -0.15) is 0 Å². The standard InChI is InChI=1S/C14H15BrFNOS/c1-3-17-14(13-7-10(18-2)8-19-13)11-6-9(15)4-5-12(11)16/h4-8,14,17H,3H2,1-2H3. The van der Waals surface area contributed by atoms with Crippen LogP contribution in [0, 0.1) is 5.82 Å². The van der Waals surface area contributed by atoms with Crippen LogP contribution in [-0.4, -0.2) is 13.7 Å². The molecule has 1 aromatic carbocycles. The van der Waals surface area contributed by atoms with Crippen LogP contribution in [0.2, 0.25) is 0 Å². The molecule has 5 heteroatoms. The molecular weight excluding hydrogens is 329 g/mol. The van der Waals surface area contributed by atoms with Crippen molar-refractivity contribution in [2.45, 2.75) is 13.0 Å². The summed E-state index contributed by atoms with van der Waals surface area (Å²) in [5.41, 5.74) is 0.640. The quantitative estimate of drug-likeness (QED) is 0.870. The molecule has 0 saturated heterocycles. The third-order valence-electron chi connectivity index (χ3n) is 2.79. The first-order valence-corrected chi connectivity index (χ1v) is 7.63. The van der Waals surface area contributed by atoms with E-state index in [1.807, 2.05) is 24.4 Å². The van der Waals surface area contributed by atoms with Crippen molar-refractivity contribution in [3.05, 3.63) is 50.4 Å². The van der Waals surface area contributed by atoms with Crippen LogP contribution in [0.5, 0.6) is 5.75 Å². The van der Waals surface area contributed by atoms with Crippen molar-refractivity contribution < 1.29 is 9.13 Å². The van der Waals surface area contributed by atoms with Crippen molar-refractivity contribution >= 4 is 27.3 Å². The van der Waals surface area contributed by atoms with Crippen LogP contribution in [-0.2, 0) is 0 Å². The van der Waals surface area contributed by atoms with Gasteiger partial charge in [-0.25, -0.2) is 4.39 Å². The van der Waals surface area contributed by atoms with Crippen LogP contribution in [0.3, 0.4) is 0 Å². The minimum atomic E-state index is -0.207. The highest BCUT2D eigenvalue weighted by Crippen LogP contribution is 2.33. The van der Waals surface area contributed by atoms with Gasteiger partial charge < -0.3 is 10.1 Å². The monoisotopic (exact) mass is 343 g/mol. The molecule has 0 fully saturated rings. The first kappa shape index (κ1) is 14.5. The van der Waals surface area contributed by atoms with Gasteiger partial charge in [0.15, 0.2) is 0 Å². The number of ether oxygens (including phenoxy) is 1. The normalized spacial score (nSPS) is 12.4. The molecule has 2 nitrogen and oxygen atoms in total. The van der Waals surface area contributed by atoms with E-state index in [4.69, 9.17) is 4.74 Å². The maximum atomic E-state index is 14.0. The Kier molecular flexibility index (Phi) is 4.96. The average molecular weight is 344 g/mol. The van der Waals surface area contributed by atoms with E-state index in [1.54, 1.807) is 24.5 Å². The van der Waals surface area contributed by atoms with Crippen LogP contribution in [0.25, 0.3) is 0 Å². The lowest BCUT2D eigenvalue weighted by Gasteiger charge is -2.18. The van der Waals surface area contributed by atoms with Gasteiger partial charge in [-0.1, -0.05) is 22.9 Å². The van der Waals surface area contributed by atoms with E-state index in [0.717, 1.165) is 21.6 Å². The number of nitrogens with one attached hydrogen (secondary N) is 1. The van der Waals surface area contributed by atoms with E-state index in [-0.39, 0.29) is 11.9 Å². The van der Waals surface area contributed by atoms with Crippen LogP contribution in [0.15, 0.2) is 34.1 Å². The summed E-state index contributed by atoms with van der Waals surface area (Å²) in [6.45, 7) is 2.77. The number of hydrogen-bond acceptors (Lipinski definition) is 3. The number of rotatable bonds is 5. The highest BCUT2D eigenvalue weighted by Gasteiger charge is 2.19. The van der Waals surface area contributed by atoms with Gasteiger partial charge in [0.25, 0.3) is 0 Å². The summed E-state index contributed by atoms with van der Waals surface area (Å²) in [7, 11) is 1.63. The van der Waals surface area contributed by atoms with Crippen molar-refractivity contribution in [1.29, 1.82) is 0 Å². The highest BCUT2D eigenvalue weighted by molar-refractivity contribution is 9.10. The Morgan fingerprint density at radius 3 is 2.84 bits per heavy atom. The molecule has 1 aromatic heterocycles. The SMILES string of the molecule is CCNC(c1cc(OC)cs1)c1cc(Br)ccc1F. The topological polar surface area (TPSA) is 21.3 Å². The van der Waals surface area contributed by atoms with Crippen LogP contribution >= 0.6 is 27.3 Å². The second kappa shape index (κ2) is 6.50. The summed E-state index contributed by atoms with van der Waals surface area (Å²) in [5.74, 6) is 0.597. The van der Waals surface area contributed by atoms with Crippen LogP contribution in [0.4, 0.5) is 4.39 Å². The fourth-order valence-electron chi connectivity index (χ4n) is 1.90. The fraction of sp³-hybridized carbons (Fsp3) is 0.286. The van der Waals surface area contributed by atoms with Gasteiger partial charge in [-0.3, -0.25) is 0 Å². The highest BCUT2D eigenvalue weighted by atomic mass is 79.9. The van der Waals surface area contributed by atoms with Gasteiger partial charge in [-0.15, -0.1) is 11.3 Å². The van der Waals surface area contributed by atoms with Crippen LogP contribution in [0.1, 0.15) is 23.4 Å². The second-order valence-electron chi connectivity index (χ2n) is 4.05. The number of hydrogen-bond donors (Lipinski definition) is 1. The molecule has 1 heterocycles. The van der Waals surface area contributed by atoms with E-state index in [1.165, 1.54) is 6.07 Å². The van der Waals surface area contributed by atoms with Gasteiger partial charge in [-0.05, 0) is 30.8 Å². The van der Waals surface area contributed by atoms with Gasteiger partial charge in [0.1, 0.15) is 11.6 Å². The molecule has 0 bridgehead atoms. The van der Waals surface area contributed by atoms with Crippen molar-refractivity contribution in [2.24, 2.45) is 0 Å². The second-order valence-corrected chi connectivity index (χ2v) is 5.90. The van der Waals surface area contributed by atoms with E-state index >= 15 is 0 Å². The van der Waals surface area contributed by atoms with Gasteiger partial charge in [0, 0.05) is 20.3 Å². The Morgan fingerprint density at radius 1 is 1.42 bits per heavy atom. The molecule has 0 spiro atoms. The molecule has 0 aliphatic carbocycles. The summed E-state index contributed by atoms with van der Waals surface area (Å²) in [4.78, 5) is 1.04. The third kappa shape index (κ3) is 3.35. The zero-order chi connectivity index (χ0) is 13.8. The van der Waals surface area contributed by atoms with E-state index in [0.29, 0.717) is 5.56 Å². The molecule has 1 N–H and O–H groups in total. The maximum Gasteiger partial charge on any atom is 0.129 e. The molecule has 0 radical (unpaired) electrons. The molecule has 0 saturated carbocycles. The molecule has 2 rings (SSSR count). The van der Waals surface area contributed by atoms with Gasteiger partial charge in [0.05, 0.1) is 13.2 Å². The van der Waals surface area contributed by atoms with Crippen molar-refractivity contribution in [2.75, 3.05) is 13.7 Å². The first-order valence-electron chi connectivity index (χ1n) is 5.96. The van der Waals surface area contributed by atoms with Crippen molar-refractivity contribution in [1.82, 2.24) is 5.32 Å². The predicted octanol–water partition coefficient (Wildman–Crippen LogP) is 4.36. The molecule has 0 aliphatic heterocycles. The number of halogens is 2. The predicted molar refractivity (Wildman–Crippen MR) is 80.5 cm³/mol. The minimum absolute atomic E-state index is 0.156. The molecule has 0 aliphatic rings. The summed E-state index contributed by atoms with van der Waals surface area (Å²) in [5, 5.41) is 5.24. The lowest BCUT2D eigenvalue weighted by atomic mass is 10.0. The molecular formula is C14H15BrFNOS. The smallest absolute Gasteiger partial charge is 0.129 e. The van der Waals surface area contributed by atoms with E-state index in [2.05, 4.69) is 21.2 Å². The fourth-order valence-corrected chi connectivity index (χ4v) is 3.22. The summed E-state index contributed by atoms with van der Waals surface area (Å²) in [6.07, 6.45) is 0. The summed E-state index contributed by atoms with van der Waals surface area (Å²) >= 11 is 4.95.